The second kappa shape index (κ2) is 7.69. The molecule has 4 rings (SSSR count). The number of carbonyl (C=O) groups excluding carboxylic acids is 1. The molecule has 0 bridgehead atoms. The van der Waals surface area contributed by atoms with Crippen LogP contribution >= 0.6 is 11.3 Å². The maximum atomic E-state index is 12.3. The van der Waals surface area contributed by atoms with E-state index in [1.54, 1.807) is 37.6 Å². The number of oxazole rings is 1. The van der Waals surface area contributed by atoms with Crippen LogP contribution in [0.5, 0.6) is 5.75 Å². The van der Waals surface area contributed by atoms with E-state index in [0.29, 0.717) is 17.6 Å². The van der Waals surface area contributed by atoms with Gasteiger partial charge in [0.05, 0.1) is 24.7 Å². The summed E-state index contributed by atoms with van der Waals surface area (Å²) < 4.78 is 11.8. The van der Waals surface area contributed by atoms with Gasteiger partial charge in [0.15, 0.2) is 5.58 Å². The van der Waals surface area contributed by atoms with Crippen molar-refractivity contribution in [2.24, 2.45) is 0 Å². The number of rotatable bonds is 6. The number of hydrogen-bond acceptors (Lipinski definition) is 6. The van der Waals surface area contributed by atoms with E-state index in [4.69, 9.17) is 9.15 Å². The van der Waals surface area contributed by atoms with Crippen molar-refractivity contribution in [1.29, 1.82) is 0 Å². The van der Waals surface area contributed by atoms with Crippen molar-refractivity contribution in [2.75, 3.05) is 7.11 Å². The van der Waals surface area contributed by atoms with Crippen LogP contribution in [0.4, 0.5) is 0 Å². The van der Waals surface area contributed by atoms with Crippen LogP contribution in [0.15, 0.2) is 63.9 Å². The van der Waals surface area contributed by atoms with E-state index in [2.05, 4.69) is 10.3 Å². The molecule has 0 aliphatic carbocycles. The number of aromatic nitrogens is 2. The van der Waals surface area contributed by atoms with E-state index < -0.39 is 5.76 Å². The summed E-state index contributed by atoms with van der Waals surface area (Å²) in [5, 5.41) is 3.64. The molecular weight excluding hydrogens is 378 g/mol. The van der Waals surface area contributed by atoms with Crippen LogP contribution in [0, 0.1) is 0 Å². The minimum Gasteiger partial charge on any atom is -0.496 e. The van der Waals surface area contributed by atoms with Gasteiger partial charge in [0, 0.05) is 11.1 Å². The number of hydrogen-bond donors (Lipinski definition) is 1. The van der Waals surface area contributed by atoms with Gasteiger partial charge in [-0.25, -0.2) is 9.78 Å². The van der Waals surface area contributed by atoms with E-state index >= 15 is 0 Å². The molecular formula is C20H17N3O4S. The first-order chi connectivity index (χ1) is 13.7. The molecule has 0 saturated heterocycles. The number of ether oxygens (including phenoxy) is 1. The third-order valence-corrected chi connectivity index (χ3v) is 5.26. The number of nitrogens with zero attached hydrogens (tertiary/aromatic N) is 2. The Morgan fingerprint density at radius 2 is 2.00 bits per heavy atom. The van der Waals surface area contributed by atoms with Crippen molar-refractivity contribution < 1.29 is 13.9 Å². The highest BCUT2D eigenvalue weighted by atomic mass is 32.1. The van der Waals surface area contributed by atoms with Gasteiger partial charge in [-0.05, 0) is 24.3 Å². The molecule has 2 aromatic carbocycles. The fourth-order valence-electron chi connectivity index (χ4n) is 2.88. The summed E-state index contributed by atoms with van der Waals surface area (Å²) in [6, 6.07) is 14.7. The Morgan fingerprint density at radius 1 is 1.21 bits per heavy atom. The Kier molecular flexibility index (Phi) is 4.94. The fraction of sp³-hybridized carbons (Fsp3) is 0.150. The standard InChI is InChI=1S/C20H17N3O4S/c1-26-16-8-4-2-6-14(16)19-22-11-13(28-19)10-21-18(24)12-23-15-7-3-5-9-17(15)27-20(23)25/h2-9,11H,10,12H2,1H3,(H,21,24). The number of benzene rings is 2. The lowest BCUT2D eigenvalue weighted by atomic mass is 10.2. The van der Waals surface area contributed by atoms with Gasteiger partial charge in [-0.15, -0.1) is 11.3 Å². The zero-order valence-corrected chi connectivity index (χ0v) is 15.9. The molecule has 0 fully saturated rings. The monoisotopic (exact) mass is 395 g/mol. The molecule has 2 heterocycles. The van der Waals surface area contributed by atoms with Gasteiger partial charge in [-0.1, -0.05) is 24.3 Å². The van der Waals surface area contributed by atoms with Crippen LogP contribution < -0.4 is 15.8 Å². The lowest BCUT2D eigenvalue weighted by Crippen LogP contribution is -2.30. The van der Waals surface area contributed by atoms with E-state index in [1.165, 1.54) is 15.9 Å². The molecule has 0 atom stereocenters. The highest BCUT2D eigenvalue weighted by molar-refractivity contribution is 7.15. The third kappa shape index (κ3) is 3.54. The summed E-state index contributed by atoms with van der Waals surface area (Å²) in [5.41, 5.74) is 1.96. The van der Waals surface area contributed by atoms with Crippen molar-refractivity contribution >= 4 is 28.3 Å². The SMILES string of the molecule is COc1ccccc1-c1ncc(CNC(=O)Cn2c(=O)oc3ccccc32)s1. The number of fused-ring (bicyclic) bond motifs is 1. The maximum Gasteiger partial charge on any atom is 0.420 e. The molecule has 2 aromatic heterocycles. The van der Waals surface area contributed by atoms with Gasteiger partial charge in [0.25, 0.3) is 0 Å². The van der Waals surface area contributed by atoms with Gasteiger partial charge in [-0.2, -0.15) is 0 Å². The van der Waals surface area contributed by atoms with Gasteiger partial charge in [0.1, 0.15) is 17.3 Å². The van der Waals surface area contributed by atoms with Gasteiger partial charge in [0.2, 0.25) is 5.91 Å². The molecule has 0 radical (unpaired) electrons. The van der Waals surface area contributed by atoms with Crippen molar-refractivity contribution in [3.63, 3.8) is 0 Å². The number of thiazole rings is 1. The van der Waals surface area contributed by atoms with Gasteiger partial charge in [-0.3, -0.25) is 9.36 Å². The van der Waals surface area contributed by atoms with Crippen molar-refractivity contribution in [2.45, 2.75) is 13.1 Å². The van der Waals surface area contributed by atoms with E-state index in [1.807, 2.05) is 24.3 Å². The highest BCUT2D eigenvalue weighted by Gasteiger charge is 2.13. The number of nitrogens with one attached hydrogen (secondary N) is 1. The smallest absolute Gasteiger partial charge is 0.420 e. The topological polar surface area (TPSA) is 86.4 Å². The van der Waals surface area contributed by atoms with Crippen molar-refractivity contribution in [1.82, 2.24) is 14.9 Å². The largest absolute Gasteiger partial charge is 0.496 e. The lowest BCUT2D eigenvalue weighted by Gasteiger charge is -2.05. The first kappa shape index (κ1) is 18.0. The summed E-state index contributed by atoms with van der Waals surface area (Å²) in [5.74, 6) is -0.0767. The molecule has 0 aliphatic rings. The van der Waals surface area contributed by atoms with E-state index in [-0.39, 0.29) is 12.5 Å². The molecule has 4 aromatic rings. The zero-order chi connectivity index (χ0) is 19.5. The summed E-state index contributed by atoms with van der Waals surface area (Å²) >= 11 is 1.48. The van der Waals surface area contributed by atoms with Crippen LogP contribution in [-0.2, 0) is 17.9 Å². The minimum absolute atomic E-state index is 0.103. The molecule has 0 unspecified atom stereocenters. The Hall–Kier alpha value is -3.39. The fourth-order valence-corrected chi connectivity index (χ4v) is 3.77. The van der Waals surface area contributed by atoms with Crippen molar-refractivity contribution in [3.8, 4) is 16.3 Å². The van der Waals surface area contributed by atoms with Crippen molar-refractivity contribution in [3.05, 3.63) is 70.2 Å². The zero-order valence-electron chi connectivity index (χ0n) is 15.0. The molecule has 0 saturated carbocycles. The molecule has 1 amide bonds. The highest BCUT2D eigenvalue weighted by Crippen LogP contribution is 2.32. The second-order valence-electron chi connectivity index (χ2n) is 6.03. The Bertz CT molecular complexity index is 1190. The van der Waals surface area contributed by atoms with Gasteiger partial charge < -0.3 is 14.5 Å². The summed E-state index contributed by atoms with van der Waals surface area (Å²) in [4.78, 5) is 29.6. The summed E-state index contributed by atoms with van der Waals surface area (Å²) in [6.07, 6.45) is 1.73. The predicted molar refractivity (Wildman–Crippen MR) is 106 cm³/mol. The number of carbonyl (C=O) groups is 1. The first-order valence-corrected chi connectivity index (χ1v) is 9.40. The normalized spacial score (nSPS) is 10.9. The molecule has 0 spiro atoms. The first-order valence-electron chi connectivity index (χ1n) is 8.59. The molecule has 7 nitrogen and oxygen atoms in total. The average molecular weight is 395 g/mol. The van der Waals surface area contributed by atoms with Crippen LogP contribution in [0.2, 0.25) is 0 Å². The maximum absolute atomic E-state index is 12.3. The van der Waals surface area contributed by atoms with Crippen LogP contribution in [-0.4, -0.2) is 22.6 Å². The molecule has 1 N–H and O–H groups in total. The average Bonchev–Trinajstić information content (AvgIpc) is 3.31. The quantitative estimate of drug-likeness (QED) is 0.542. The lowest BCUT2D eigenvalue weighted by molar-refractivity contribution is -0.121. The van der Waals surface area contributed by atoms with Gasteiger partial charge >= 0.3 is 5.76 Å². The Labute approximate surface area is 164 Å². The number of amides is 1. The van der Waals surface area contributed by atoms with Crippen LogP contribution in [0.3, 0.4) is 0 Å². The molecule has 8 heteroatoms. The third-order valence-electron chi connectivity index (χ3n) is 4.23. The summed E-state index contributed by atoms with van der Waals surface area (Å²) in [7, 11) is 1.62. The van der Waals surface area contributed by atoms with E-state index in [0.717, 1.165) is 21.2 Å². The number of para-hydroxylation sites is 3. The van der Waals surface area contributed by atoms with Crippen LogP contribution in [0.25, 0.3) is 21.7 Å². The molecule has 28 heavy (non-hydrogen) atoms. The number of methoxy groups -OCH3 is 1. The molecule has 0 aliphatic heterocycles. The predicted octanol–water partition coefficient (Wildman–Crippen LogP) is 3.04. The second-order valence-corrected chi connectivity index (χ2v) is 7.15. The Morgan fingerprint density at radius 3 is 2.86 bits per heavy atom. The van der Waals surface area contributed by atoms with Crippen LogP contribution in [0.1, 0.15) is 4.88 Å². The van der Waals surface area contributed by atoms with E-state index in [9.17, 15) is 9.59 Å². The Balaban J connectivity index is 1.44. The molecule has 142 valence electrons. The minimum atomic E-state index is -0.549. The summed E-state index contributed by atoms with van der Waals surface area (Å²) in [6.45, 7) is 0.226.